The van der Waals surface area contributed by atoms with E-state index in [4.69, 9.17) is 0 Å². The first-order chi connectivity index (χ1) is 15.2. The summed E-state index contributed by atoms with van der Waals surface area (Å²) in [7, 11) is 0. The number of hydrogen-bond acceptors (Lipinski definition) is 4. The number of nitrogens with zero attached hydrogens (tertiary/aromatic N) is 4. The second-order valence-electron chi connectivity index (χ2n) is 7.29. The van der Waals surface area contributed by atoms with Gasteiger partial charge in [-0.15, -0.1) is 0 Å². The van der Waals surface area contributed by atoms with Crippen molar-refractivity contribution < 1.29 is 9.50 Å². The zero-order valence-corrected chi connectivity index (χ0v) is 16.6. The van der Waals surface area contributed by atoms with Crippen LogP contribution < -0.4 is 5.69 Å². The molecule has 0 amide bonds. The van der Waals surface area contributed by atoms with Gasteiger partial charge in [0.15, 0.2) is 0 Å². The van der Waals surface area contributed by atoms with Crippen LogP contribution in [0.5, 0.6) is 0 Å². The molecular weight excluding hydrogens is 395 g/mol. The average molecular weight is 414 g/mol. The van der Waals surface area contributed by atoms with Crippen molar-refractivity contribution in [2.75, 3.05) is 6.61 Å². The molecule has 0 saturated heterocycles. The maximum absolute atomic E-state index is 13.4. The van der Waals surface area contributed by atoms with Crippen LogP contribution in [-0.2, 0) is 13.0 Å². The van der Waals surface area contributed by atoms with Crippen molar-refractivity contribution in [3.63, 3.8) is 0 Å². The minimum atomic E-state index is -0.365. The van der Waals surface area contributed by atoms with Crippen molar-refractivity contribution in [1.82, 2.24) is 19.1 Å². The second-order valence-corrected chi connectivity index (χ2v) is 7.29. The number of aliphatic hydroxyl groups is 1. The van der Waals surface area contributed by atoms with Crippen LogP contribution in [0.15, 0.2) is 78.0 Å². The molecule has 0 aliphatic heterocycles. The van der Waals surface area contributed by atoms with Crippen LogP contribution in [0.4, 0.5) is 4.39 Å². The van der Waals surface area contributed by atoms with E-state index in [0.717, 1.165) is 22.0 Å². The van der Waals surface area contributed by atoms with E-state index in [9.17, 15) is 14.3 Å². The Morgan fingerprint density at radius 1 is 0.968 bits per heavy atom. The fourth-order valence-electron chi connectivity index (χ4n) is 4.04. The van der Waals surface area contributed by atoms with Gasteiger partial charge in [-0.2, -0.15) is 0 Å². The molecule has 0 atom stereocenters. The summed E-state index contributed by atoms with van der Waals surface area (Å²) in [6, 6.07) is 15.4. The number of benzene rings is 2. The average Bonchev–Trinajstić information content (AvgIpc) is 3.07. The maximum atomic E-state index is 13.4. The second kappa shape index (κ2) is 7.77. The molecule has 5 aromatic rings. The number of aliphatic hydroxyl groups excluding tert-OH is 1. The minimum absolute atomic E-state index is 0.0174. The maximum Gasteiger partial charge on any atom is 0.334 e. The quantitative estimate of drug-likeness (QED) is 0.478. The smallest absolute Gasteiger partial charge is 0.334 e. The Bertz CT molecular complexity index is 1450. The number of fused-ring (bicyclic) bond motifs is 2. The number of rotatable bonds is 5. The van der Waals surface area contributed by atoms with Gasteiger partial charge in [-0.1, -0.05) is 24.3 Å². The highest BCUT2D eigenvalue weighted by molar-refractivity contribution is 5.85. The summed E-state index contributed by atoms with van der Waals surface area (Å²) in [6.45, 7) is 0.214. The molecule has 0 aliphatic rings. The highest BCUT2D eigenvalue weighted by Gasteiger charge is 2.17. The van der Waals surface area contributed by atoms with E-state index in [0.29, 0.717) is 23.1 Å². The Kier molecular flexibility index (Phi) is 4.80. The Morgan fingerprint density at radius 3 is 2.58 bits per heavy atom. The predicted molar refractivity (Wildman–Crippen MR) is 117 cm³/mol. The van der Waals surface area contributed by atoms with Gasteiger partial charge in [-0.25, -0.2) is 9.18 Å². The van der Waals surface area contributed by atoms with Crippen LogP contribution in [-0.4, -0.2) is 30.8 Å². The van der Waals surface area contributed by atoms with Crippen LogP contribution in [0.25, 0.3) is 27.5 Å². The molecule has 0 spiro atoms. The molecule has 3 aromatic heterocycles. The van der Waals surface area contributed by atoms with E-state index >= 15 is 0 Å². The highest BCUT2D eigenvalue weighted by Crippen LogP contribution is 2.23. The summed E-state index contributed by atoms with van der Waals surface area (Å²) in [4.78, 5) is 22.2. The van der Waals surface area contributed by atoms with E-state index in [2.05, 4.69) is 9.97 Å². The molecular formula is C24H19FN4O2. The first-order valence-electron chi connectivity index (χ1n) is 9.95. The van der Waals surface area contributed by atoms with Crippen LogP contribution in [0.3, 0.4) is 0 Å². The van der Waals surface area contributed by atoms with Crippen LogP contribution in [0.1, 0.15) is 11.3 Å². The summed E-state index contributed by atoms with van der Waals surface area (Å²) in [5, 5.41) is 11.6. The van der Waals surface area contributed by atoms with Gasteiger partial charge >= 0.3 is 5.69 Å². The van der Waals surface area contributed by atoms with Gasteiger partial charge in [-0.3, -0.25) is 19.1 Å². The largest absolute Gasteiger partial charge is 0.396 e. The lowest BCUT2D eigenvalue weighted by Crippen LogP contribution is -2.24. The molecule has 0 aliphatic carbocycles. The molecule has 1 N–H and O–H groups in total. The molecule has 0 unspecified atom stereocenters. The number of imidazole rings is 1. The molecule has 7 heteroatoms. The Hall–Kier alpha value is -3.84. The SMILES string of the molecule is O=c1n(Cc2ncc3ccccc3c2CCO)c2cnccc2n1-c1ccc(F)cc1. The van der Waals surface area contributed by atoms with Crippen LogP contribution in [0.2, 0.25) is 0 Å². The molecule has 0 fully saturated rings. The monoisotopic (exact) mass is 414 g/mol. The molecule has 5 rings (SSSR count). The van der Waals surface area contributed by atoms with E-state index < -0.39 is 0 Å². The summed E-state index contributed by atoms with van der Waals surface area (Å²) >= 11 is 0. The van der Waals surface area contributed by atoms with Crippen molar-refractivity contribution in [3.05, 3.63) is 101 Å². The number of pyridine rings is 2. The number of hydrogen-bond donors (Lipinski definition) is 1. The van der Waals surface area contributed by atoms with E-state index in [1.165, 1.54) is 12.1 Å². The first kappa shape index (κ1) is 19.1. The molecule has 154 valence electrons. The van der Waals surface area contributed by atoms with Crippen molar-refractivity contribution >= 4 is 21.8 Å². The van der Waals surface area contributed by atoms with E-state index in [-0.39, 0.29) is 24.7 Å². The van der Waals surface area contributed by atoms with Crippen molar-refractivity contribution in [2.45, 2.75) is 13.0 Å². The third-order valence-corrected chi connectivity index (χ3v) is 5.48. The zero-order chi connectivity index (χ0) is 21.4. The molecule has 0 radical (unpaired) electrons. The minimum Gasteiger partial charge on any atom is -0.396 e. The van der Waals surface area contributed by atoms with Gasteiger partial charge in [0.1, 0.15) is 5.82 Å². The zero-order valence-electron chi connectivity index (χ0n) is 16.6. The van der Waals surface area contributed by atoms with E-state index in [1.807, 2.05) is 24.3 Å². The Balaban J connectivity index is 1.71. The molecule has 0 saturated carbocycles. The topological polar surface area (TPSA) is 72.9 Å². The van der Waals surface area contributed by atoms with Crippen molar-refractivity contribution in [3.8, 4) is 5.69 Å². The lowest BCUT2D eigenvalue weighted by Gasteiger charge is -2.12. The lowest BCUT2D eigenvalue weighted by molar-refractivity contribution is 0.299. The highest BCUT2D eigenvalue weighted by atomic mass is 19.1. The number of aromatic nitrogens is 4. The molecule has 3 heterocycles. The third kappa shape index (κ3) is 3.29. The predicted octanol–water partition coefficient (Wildman–Crippen LogP) is 3.46. The Morgan fingerprint density at radius 2 is 1.77 bits per heavy atom. The molecule has 6 nitrogen and oxygen atoms in total. The Labute approximate surface area is 176 Å². The van der Waals surface area contributed by atoms with Gasteiger partial charge in [0.2, 0.25) is 0 Å². The van der Waals surface area contributed by atoms with Gasteiger partial charge in [-0.05, 0) is 47.7 Å². The van der Waals surface area contributed by atoms with Gasteiger partial charge in [0, 0.05) is 24.4 Å². The summed E-state index contributed by atoms with van der Waals surface area (Å²) in [5.74, 6) is -0.365. The van der Waals surface area contributed by atoms with Gasteiger partial charge < -0.3 is 5.11 Å². The first-order valence-corrected chi connectivity index (χ1v) is 9.95. The summed E-state index contributed by atoms with van der Waals surface area (Å²) in [6.07, 6.45) is 5.49. The fraction of sp³-hybridized carbons (Fsp3) is 0.125. The normalized spacial score (nSPS) is 11.4. The summed E-state index contributed by atoms with van der Waals surface area (Å²) in [5.41, 5.74) is 3.27. The van der Waals surface area contributed by atoms with Crippen LogP contribution >= 0.6 is 0 Å². The number of halogens is 1. The molecule has 31 heavy (non-hydrogen) atoms. The van der Waals surface area contributed by atoms with Gasteiger partial charge in [0.25, 0.3) is 0 Å². The standard InChI is InChI=1S/C24H19FN4O2/c25-17-5-7-18(8-6-17)29-22-9-11-26-14-23(22)28(24(29)31)15-21-20(10-12-30)19-4-2-1-3-16(19)13-27-21/h1-9,11,13-14,30H,10,12,15H2. The van der Waals surface area contributed by atoms with Crippen LogP contribution in [0, 0.1) is 5.82 Å². The third-order valence-electron chi connectivity index (χ3n) is 5.48. The van der Waals surface area contributed by atoms with Crippen molar-refractivity contribution in [2.24, 2.45) is 0 Å². The lowest BCUT2D eigenvalue weighted by atomic mass is 10.0. The van der Waals surface area contributed by atoms with E-state index in [1.54, 1.807) is 45.9 Å². The molecule has 0 bridgehead atoms. The fourth-order valence-corrected chi connectivity index (χ4v) is 4.04. The summed E-state index contributed by atoms with van der Waals surface area (Å²) < 4.78 is 16.6. The molecule has 2 aromatic carbocycles. The van der Waals surface area contributed by atoms with Crippen molar-refractivity contribution in [1.29, 1.82) is 0 Å². The van der Waals surface area contributed by atoms with Gasteiger partial charge in [0.05, 0.1) is 35.2 Å².